The van der Waals surface area contributed by atoms with Gasteiger partial charge in [0.25, 0.3) is 5.91 Å². The molecule has 0 saturated carbocycles. The molecular weight excluding hydrogens is 400 g/mol. The summed E-state index contributed by atoms with van der Waals surface area (Å²) in [6, 6.07) is 19.1. The average Bonchev–Trinajstić information content (AvgIpc) is 2.97. The van der Waals surface area contributed by atoms with Crippen molar-refractivity contribution in [2.24, 2.45) is 5.10 Å². The maximum absolute atomic E-state index is 13.2. The first-order valence-electron chi connectivity index (χ1n) is 10.6. The lowest BCUT2D eigenvalue weighted by Gasteiger charge is -2.26. The zero-order valence-electron chi connectivity index (χ0n) is 19.0. The number of phenolic OH excluding ortho intramolecular Hbond substituents is 1. The van der Waals surface area contributed by atoms with Gasteiger partial charge in [-0.2, -0.15) is 5.10 Å². The number of rotatable bonds is 4. The molecule has 164 valence electrons. The molecule has 1 aliphatic rings. The van der Waals surface area contributed by atoms with Crippen LogP contribution < -0.4 is 10.4 Å². The van der Waals surface area contributed by atoms with Crippen molar-refractivity contribution in [1.29, 1.82) is 0 Å². The Kier molecular flexibility index (Phi) is 5.72. The third-order valence-corrected chi connectivity index (χ3v) is 6.08. The van der Waals surface area contributed by atoms with Gasteiger partial charge < -0.3 is 5.11 Å². The molecule has 0 aromatic heterocycles. The predicted molar refractivity (Wildman–Crippen MR) is 130 cm³/mol. The highest BCUT2D eigenvalue weighted by atomic mass is 16.3. The lowest BCUT2D eigenvalue weighted by atomic mass is 10.0. The van der Waals surface area contributed by atoms with Crippen LogP contribution in [-0.2, 0) is 4.79 Å². The molecule has 2 N–H and O–H groups in total. The van der Waals surface area contributed by atoms with Crippen LogP contribution in [0.5, 0.6) is 5.75 Å². The Bertz CT molecular complexity index is 1220. The quantitative estimate of drug-likeness (QED) is 0.452. The van der Waals surface area contributed by atoms with E-state index >= 15 is 0 Å². The van der Waals surface area contributed by atoms with Crippen LogP contribution in [0.25, 0.3) is 11.1 Å². The maximum Gasteiger partial charge on any atom is 0.290 e. The van der Waals surface area contributed by atoms with Crippen LogP contribution in [0.15, 0.2) is 65.8 Å². The Hall–Kier alpha value is -3.64. The van der Waals surface area contributed by atoms with Gasteiger partial charge in [-0.05, 0) is 62.6 Å². The molecule has 1 aliphatic heterocycles. The number of anilines is 2. The largest absolute Gasteiger partial charge is 0.505 e. The molecule has 0 radical (unpaired) electrons. The number of nitrogens with zero attached hydrogens (tertiary/aromatic N) is 3. The van der Waals surface area contributed by atoms with Crippen LogP contribution in [0.2, 0.25) is 0 Å². The molecule has 1 unspecified atom stereocenters. The maximum atomic E-state index is 13.2. The first kappa shape index (κ1) is 21.6. The molecule has 1 fully saturated rings. The number of aromatic hydroxyl groups is 1. The number of carbonyl (C=O) groups excluding carboxylic acids is 1. The summed E-state index contributed by atoms with van der Waals surface area (Å²) in [7, 11) is 1.87. The van der Waals surface area contributed by atoms with Crippen LogP contribution in [0.1, 0.15) is 23.6 Å². The zero-order valence-corrected chi connectivity index (χ0v) is 19.0. The number of phenols is 1. The van der Waals surface area contributed by atoms with E-state index in [1.54, 1.807) is 11.1 Å². The van der Waals surface area contributed by atoms with Gasteiger partial charge in [-0.15, -0.1) is 0 Å². The first-order chi connectivity index (χ1) is 15.3. The first-order valence-corrected chi connectivity index (χ1v) is 10.6. The zero-order chi connectivity index (χ0) is 23.0. The third kappa shape index (κ3) is 3.85. The molecular formula is C26H28N4O2. The lowest BCUT2D eigenvalue weighted by Crippen LogP contribution is -2.38. The number of amides is 1. The number of nitrogens with one attached hydrogen (secondary N) is 1. The van der Waals surface area contributed by atoms with E-state index in [1.165, 1.54) is 5.56 Å². The van der Waals surface area contributed by atoms with E-state index in [0.29, 0.717) is 17.0 Å². The van der Waals surface area contributed by atoms with Gasteiger partial charge in [-0.1, -0.05) is 48.0 Å². The summed E-state index contributed by atoms with van der Waals surface area (Å²) in [5, 5.41) is 18.8. The second-order valence-electron chi connectivity index (χ2n) is 8.32. The second-order valence-corrected chi connectivity index (χ2v) is 8.32. The number of hydrogen-bond acceptors (Lipinski definition) is 5. The van der Waals surface area contributed by atoms with Crippen LogP contribution in [0, 0.1) is 20.8 Å². The fourth-order valence-corrected chi connectivity index (χ4v) is 3.88. The number of para-hydroxylation sites is 1. The monoisotopic (exact) mass is 428 g/mol. The number of hydrazine groups is 1. The molecule has 3 aromatic carbocycles. The molecule has 6 nitrogen and oxygen atoms in total. The van der Waals surface area contributed by atoms with Crippen LogP contribution >= 0.6 is 0 Å². The molecule has 1 heterocycles. The van der Waals surface area contributed by atoms with Crippen molar-refractivity contribution < 1.29 is 9.90 Å². The molecule has 4 rings (SSSR count). The number of carbonyl (C=O) groups is 1. The molecule has 3 aromatic rings. The summed E-state index contributed by atoms with van der Waals surface area (Å²) in [5.41, 5.74) is 9.59. The third-order valence-electron chi connectivity index (χ3n) is 6.08. The molecule has 0 bridgehead atoms. The van der Waals surface area contributed by atoms with E-state index in [-0.39, 0.29) is 17.7 Å². The normalized spacial score (nSPS) is 17.9. The smallest absolute Gasteiger partial charge is 0.290 e. The number of benzene rings is 3. The summed E-state index contributed by atoms with van der Waals surface area (Å²) in [4.78, 5) is 13.2. The van der Waals surface area contributed by atoms with Gasteiger partial charge in [0.05, 0.1) is 17.4 Å². The summed E-state index contributed by atoms with van der Waals surface area (Å²) in [6.45, 7) is 8.02. The number of hydrogen-bond donors (Lipinski definition) is 2. The number of hydrazone groups is 1. The van der Waals surface area contributed by atoms with E-state index < -0.39 is 0 Å². The minimum absolute atomic E-state index is 0.0971. The lowest BCUT2D eigenvalue weighted by molar-refractivity contribution is -0.113. The molecule has 6 heteroatoms. The van der Waals surface area contributed by atoms with E-state index in [4.69, 9.17) is 0 Å². The fraction of sp³-hybridized carbons (Fsp3) is 0.231. The van der Waals surface area contributed by atoms with Crippen molar-refractivity contribution in [2.75, 3.05) is 17.5 Å². The van der Waals surface area contributed by atoms with Crippen molar-refractivity contribution in [3.05, 3.63) is 77.4 Å². The second kappa shape index (κ2) is 8.48. The van der Waals surface area contributed by atoms with Crippen LogP contribution in [-0.4, -0.2) is 34.8 Å². The van der Waals surface area contributed by atoms with Crippen LogP contribution in [0.3, 0.4) is 0 Å². The number of aryl methyl sites for hydroxylation is 3. The van der Waals surface area contributed by atoms with E-state index in [9.17, 15) is 9.90 Å². The molecule has 0 aliphatic carbocycles. The summed E-state index contributed by atoms with van der Waals surface area (Å²) < 4.78 is 0. The minimum atomic E-state index is -0.223. The highest BCUT2D eigenvalue weighted by Crippen LogP contribution is 2.36. The highest BCUT2D eigenvalue weighted by Gasteiger charge is 2.40. The van der Waals surface area contributed by atoms with E-state index in [0.717, 1.165) is 22.4 Å². The highest BCUT2D eigenvalue weighted by molar-refractivity contribution is 6.47. The molecule has 1 atom stereocenters. The van der Waals surface area contributed by atoms with Crippen molar-refractivity contribution in [3.63, 3.8) is 0 Å². The molecule has 0 spiro atoms. The van der Waals surface area contributed by atoms with E-state index in [2.05, 4.69) is 10.5 Å². The predicted octanol–water partition coefficient (Wildman–Crippen LogP) is 5.03. The van der Waals surface area contributed by atoms with Crippen molar-refractivity contribution >= 4 is 23.0 Å². The van der Waals surface area contributed by atoms with Gasteiger partial charge in [-0.3, -0.25) is 10.2 Å². The summed E-state index contributed by atoms with van der Waals surface area (Å²) >= 11 is 0. The van der Waals surface area contributed by atoms with E-state index in [1.807, 2.05) is 94.3 Å². The molecule has 1 amide bonds. The average molecular weight is 429 g/mol. The van der Waals surface area contributed by atoms with Gasteiger partial charge in [0.15, 0.2) is 0 Å². The van der Waals surface area contributed by atoms with Gasteiger partial charge in [0, 0.05) is 12.6 Å². The Labute approximate surface area is 188 Å². The van der Waals surface area contributed by atoms with Crippen molar-refractivity contribution in [3.8, 4) is 16.9 Å². The Morgan fingerprint density at radius 3 is 2.44 bits per heavy atom. The molecule has 1 saturated heterocycles. The Morgan fingerprint density at radius 1 is 0.969 bits per heavy atom. The Morgan fingerprint density at radius 2 is 1.72 bits per heavy atom. The van der Waals surface area contributed by atoms with Crippen molar-refractivity contribution in [1.82, 2.24) is 5.01 Å². The standard InChI is InChI=1S/C26H28N4O2/c1-16-8-6-9-20(14-16)22-10-7-11-23(25(22)31)27-28-24-19(4)29(5)30(26(24)32)21-13-12-17(2)18(3)15-21/h6-15,19,27,31H,1-5H3/b28-24-. The van der Waals surface area contributed by atoms with Gasteiger partial charge in [0.1, 0.15) is 11.5 Å². The molecule has 32 heavy (non-hydrogen) atoms. The Balaban J connectivity index is 1.63. The minimum Gasteiger partial charge on any atom is -0.505 e. The fourth-order valence-electron chi connectivity index (χ4n) is 3.88. The van der Waals surface area contributed by atoms with Crippen molar-refractivity contribution in [2.45, 2.75) is 33.7 Å². The van der Waals surface area contributed by atoms with Gasteiger partial charge >= 0.3 is 0 Å². The SMILES string of the molecule is Cc1cccc(-c2cccc(N/N=C3\C(=O)N(c4ccc(C)c(C)c4)N(C)C3C)c2O)c1. The van der Waals surface area contributed by atoms with Gasteiger partial charge in [0.2, 0.25) is 0 Å². The summed E-state index contributed by atoms with van der Waals surface area (Å²) in [6.07, 6.45) is 0. The summed E-state index contributed by atoms with van der Waals surface area (Å²) in [5.74, 6) is -0.0926. The van der Waals surface area contributed by atoms with Crippen LogP contribution in [0.4, 0.5) is 11.4 Å². The van der Waals surface area contributed by atoms with Gasteiger partial charge in [-0.25, -0.2) is 10.0 Å². The topological polar surface area (TPSA) is 68.2 Å².